The Morgan fingerprint density at radius 2 is 1.81 bits per heavy atom. The van der Waals surface area contributed by atoms with Crippen molar-refractivity contribution in [1.29, 1.82) is 0 Å². The number of hydrogen-bond acceptors (Lipinski definition) is 6. The number of carboxylic acid groups (broad SMARTS) is 1. The molecule has 0 spiro atoms. The van der Waals surface area contributed by atoms with Gasteiger partial charge in [0.15, 0.2) is 6.29 Å². The van der Waals surface area contributed by atoms with Crippen LogP contribution >= 0.6 is 0 Å². The summed E-state index contributed by atoms with van der Waals surface area (Å²) in [5.41, 5.74) is 0.868. The molecule has 1 aromatic carbocycles. The monoisotopic (exact) mass is 324 g/mol. The van der Waals surface area contributed by atoms with Crippen LogP contribution < -0.4 is 0 Å². The topological polar surface area (TPSA) is 116 Å². The molecule has 1 heterocycles. The maximum absolute atomic E-state index is 10.7. The summed E-state index contributed by atoms with van der Waals surface area (Å²) < 4.78 is 10.4. The van der Waals surface area contributed by atoms with Gasteiger partial charge in [0.2, 0.25) is 0 Å². The molecular formula is C13H17KO7. The summed E-state index contributed by atoms with van der Waals surface area (Å²) in [5, 5.41) is 37.2. The standard InChI is InChI=1S/C13H16O7.K.H/c14-9-6-20-13(11(16)10(9)15)19-5-7-1-3-8(4-2-7)12(17)18;;/h1-4,9-11,13-16H,5-6H2,(H,17,18);;/t9-,10+,11-,13+;;/m1../s1. The van der Waals surface area contributed by atoms with Crippen molar-refractivity contribution < 1.29 is 34.7 Å². The SMILES string of the molecule is O=C(O)c1ccc(CO[C@H]2OC[C@@H](O)[C@H](O)[C@H]2O)cc1.[KH]. The number of benzene rings is 1. The molecule has 1 fully saturated rings. The van der Waals surface area contributed by atoms with Gasteiger partial charge in [-0.3, -0.25) is 0 Å². The van der Waals surface area contributed by atoms with E-state index >= 15 is 0 Å². The van der Waals surface area contributed by atoms with E-state index < -0.39 is 30.6 Å². The number of aromatic carboxylic acids is 1. The van der Waals surface area contributed by atoms with E-state index in [4.69, 9.17) is 14.6 Å². The number of aliphatic hydroxyl groups is 3. The summed E-state index contributed by atoms with van der Waals surface area (Å²) in [5.74, 6) is -1.01. The van der Waals surface area contributed by atoms with Crippen molar-refractivity contribution in [2.24, 2.45) is 0 Å². The van der Waals surface area contributed by atoms with Gasteiger partial charge in [-0.05, 0) is 17.7 Å². The van der Waals surface area contributed by atoms with Crippen LogP contribution in [0.4, 0.5) is 0 Å². The number of carboxylic acids is 1. The van der Waals surface area contributed by atoms with E-state index in [2.05, 4.69) is 0 Å². The molecule has 0 aliphatic carbocycles. The molecule has 0 unspecified atom stereocenters. The van der Waals surface area contributed by atoms with Crippen molar-refractivity contribution in [3.8, 4) is 0 Å². The first-order chi connectivity index (χ1) is 9.49. The Balaban J connectivity index is 0.00000220. The number of ether oxygens (including phenoxy) is 2. The van der Waals surface area contributed by atoms with Crippen LogP contribution in [-0.4, -0.2) is 109 Å². The van der Waals surface area contributed by atoms with Crippen LogP contribution in [0.1, 0.15) is 15.9 Å². The normalized spacial score (nSPS) is 28.7. The zero-order valence-electron chi connectivity index (χ0n) is 10.5. The number of rotatable bonds is 4. The Hall–Kier alpha value is 0.126. The van der Waals surface area contributed by atoms with Gasteiger partial charge >= 0.3 is 57.4 Å². The van der Waals surface area contributed by atoms with E-state index in [-0.39, 0.29) is 70.2 Å². The molecule has 8 heteroatoms. The van der Waals surface area contributed by atoms with Crippen LogP contribution in [0, 0.1) is 0 Å². The van der Waals surface area contributed by atoms with Crippen molar-refractivity contribution in [2.45, 2.75) is 31.2 Å². The van der Waals surface area contributed by atoms with Crippen molar-refractivity contribution in [3.63, 3.8) is 0 Å². The molecule has 0 saturated carbocycles. The van der Waals surface area contributed by atoms with Crippen LogP contribution in [0.5, 0.6) is 0 Å². The van der Waals surface area contributed by atoms with Gasteiger partial charge in [0.1, 0.15) is 18.3 Å². The van der Waals surface area contributed by atoms with Crippen molar-refractivity contribution in [2.75, 3.05) is 6.61 Å². The minimum atomic E-state index is -1.34. The second kappa shape index (κ2) is 8.68. The second-order valence-electron chi connectivity index (χ2n) is 4.56. The maximum atomic E-state index is 10.7. The van der Waals surface area contributed by atoms with E-state index in [1.54, 1.807) is 12.1 Å². The van der Waals surface area contributed by atoms with Gasteiger partial charge in [-0.2, -0.15) is 0 Å². The molecule has 0 bridgehead atoms. The van der Waals surface area contributed by atoms with Crippen LogP contribution in [-0.2, 0) is 16.1 Å². The Morgan fingerprint density at radius 1 is 1.19 bits per heavy atom. The van der Waals surface area contributed by atoms with Crippen LogP contribution in [0.25, 0.3) is 0 Å². The number of hydrogen-bond donors (Lipinski definition) is 4. The molecule has 1 aromatic rings. The molecule has 1 aliphatic rings. The summed E-state index contributed by atoms with van der Waals surface area (Å²) in [6.45, 7) is -0.0364. The average Bonchev–Trinajstić information content (AvgIpc) is 2.44. The third kappa shape index (κ3) is 5.07. The Kier molecular flexibility index (Phi) is 7.92. The van der Waals surface area contributed by atoms with Gasteiger partial charge in [-0.15, -0.1) is 0 Å². The third-order valence-electron chi connectivity index (χ3n) is 3.07. The fraction of sp³-hybridized carbons (Fsp3) is 0.462. The van der Waals surface area contributed by atoms with Crippen molar-refractivity contribution in [1.82, 2.24) is 0 Å². The summed E-state index contributed by atoms with van der Waals surface area (Å²) in [6, 6.07) is 6.06. The summed E-state index contributed by atoms with van der Waals surface area (Å²) in [7, 11) is 0. The van der Waals surface area contributed by atoms with E-state index in [0.29, 0.717) is 5.56 Å². The Morgan fingerprint density at radius 3 is 2.38 bits per heavy atom. The van der Waals surface area contributed by atoms with Crippen LogP contribution in [0.3, 0.4) is 0 Å². The molecule has 0 amide bonds. The predicted molar refractivity (Wildman–Crippen MR) is 73.1 cm³/mol. The molecular weight excluding hydrogens is 307 g/mol. The van der Waals surface area contributed by atoms with Gasteiger partial charge in [0.05, 0.1) is 18.8 Å². The molecule has 0 aromatic heterocycles. The molecule has 4 atom stereocenters. The first-order valence-corrected chi connectivity index (χ1v) is 6.08. The van der Waals surface area contributed by atoms with E-state index in [9.17, 15) is 20.1 Å². The second-order valence-corrected chi connectivity index (χ2v) is 4.56. The zero-order valence-corrected chi connectivity index (χ0v) is 10.5. The fourth-order valence-corrected chi connectivity index (χ4v) is 1.85. The Bertz CT molecular complexity index is 464. The zero-order chi connectivity index (χ0) is 14.7. The quantitative estimate of drug-likeness (QED) is 0.508. The van der Waals surface area contributed by atoms with Gasteiger partial charge in [-0.1, -0.05) is 12.1 Å². The molecule has 7 nitrogen and oxygen atoms in total. The molecule has 112 valence electrons. The summed E-state index contributed by atoms with van der Waals surface area (Å²) in [4.78, 5) is 10.7. The summed E-state index contributed by atoms with van der Waals surface area (Å²) >= 11 is 0. The number of carbonyl (C=O) groups is 1. The third-order valence-corrected chi connectivity index (χ3v) is 3.07. The predicted octanol–water partition coefficient (Wildman–Crippen LogP) is -1.31. The van der Waals surface area contributed by atoms with Crippen molar-refractivity contribution in [3.05, 3.63) is 35.4 Å². The average molecular weight is 324 g/mol. The molecule has 21 heavy (non-hydrogen) atoms. The molecule has 2 rings (SSSR count). The first kappa shape index (κ1) is 19.2. The fourth-order valence-electron chi connectivity index (χ4n) is 1.85. The van der Waals surface area contributed by atoms with Crippen LogP contribution in [0.2, 0.25) is 0 Å². The van der Waals surface area contributed by atoms with Gasteiger partial charge in [-0.25, -0.2) is 4.79 Å². The molecule has 1 saturated heterocycles. The van der Waals surface area contributed by atoms with Gasteiger partial charge < -0.3 is 29.9 Å². The van der Waals surface area contributed by atoms with E-state index in [0.717, 1.165) is 0 Å². The first-order valence-electron chi connectivity index (χ1n) is 6.08. The van der Waals surface area contributed by atoms with Gasteiger partial charge in [0, 0.05) is 0 Å². The van der Waals surface area contributed by atoms with E-state index in [1.807, 2.05) is 0 Å². The van der Waals surface area contributed by atoms with E-state index in [1.165, 1.54) is 12.1 Å². The minimum absolute atomic E-state index is 0. The molecule has 1 aliphatic heterocycles. The van der Waals surface area contributed by atoms with Gasteiger partial charge in [0.25, 0.3) is 0 Å². The summed E-state index contributed by atoms with van der Waals surface area (Å²) in [6.07, 6.45) is -4.83. The van der Waals surface area contributed by atoms with Crippen molar-refractivity contribution >= 4 is 57.4 Å². The Labute approximate surface area is 163 Å². The van der Waals surface area contributed by atoms with Crippen LogP contribution in [0.15, 0.2) is 24.3 Å². The molecule has 0 radical (unpaired) electrons. The molecule has 4 N–H and O–H groups in total. The number of aliphatic hydroxyl groups excluding tert-OH is 3.